The number of carbonyl (C=O) groups excluding carboxylic acids is 1. The summed E-state index contributed by atoms with van der Waals surface area (Å²) in [5, 5.41) is 5.59. The lowest BCUT2D eigenvalue weighted by Crippen LogP contribution is -2.24. The second-order valence-corrected chi connectivity index (χ2v) is 7.26. The van der Waals surface area contributed by atoms with Crippen LogP contribution in [0.25, 0.3) is 10.6 Å². The molecule has 0 radical (unpaired) electrons. The zero-order chi connectivity index (χ0) is 20.8. The van der Waals surface area contributed by atoms with E-state index in [4.69, 9.17) is 4.74 Å². The minimum Gasteiger partial charge on any atom is -0.439 e. The van der Waals surface area contributed by atoms with Crippen LogP contribution in [0.3, 0.4) is 0 Å². The fraction of sp³-hybridized carbons (Fsp3) is 0.0909. The first kappa shape index (κ1) is 19.7. The van der Waals surface area contributed by atoms with Gasteiger partial charge in [-0.05, 0) is 48.0 Å². The summed E-state index contributed by atoms with van der Waals surface area (Å²) in [4.78, 5) is 25.0. The maximum atomic E-state index is 13.0. The molecule has 3 aromatic heterocycles. The molecule has 6 nitrogen and oxygen atoms in total. The van der Waals surface area contributed by atoms with Crippen LogP contribution in [0.5, 0.6) is 11.6 Å². The number of ether oxygens (including phenoxy) is 1. The first-order valence-electron chi connectivity index (χ1n) is 9.15. The molecule has 0 spiro atoms. The van der Waals surface area contributed by atoms with Gasteiger partial charge in [0.2, 0.25) is 11.8 Å². The number of thiazole rings is 1. The molecule has 0 aliphatic carbocycles. The fourth-order valence-electron chi connectivity index (χ4n) is 2.68. The van der Waals surface area contributed by atoms with E-state index in [-0.39, 0.29) is 18.1 Å². The third kappa shape index (κ3) is 5.24. The molecular formula is C22H17FN4O2S. The number of aromatic nitrogens is 3. The summed E-state index contributed by atoms with van der Waals surface area (Å²) in [6, 6.07) is 13.0. The van der Waals surface area contributed by atoms with E-state index < -0.39 is 0 Å². The molecule has 0 aliphatic rings. The van der Waals surface area contributed by atoms with Gasteiger partial charge in [-0.3, -0.25) is 9.78 Å². The first-order chi connectivity index (χ1) is 14.7. The smallest absolute Gasteiger partial charge is 0.226 e. The summed E-state index contributed by atoms with van der Waals surface area (Å²) in [5.41, 5.74) is 2.48. The number of hydrogen-bond donors (Lipinski definition) is 1. The van der Waals surface area contributed by atoms with Crippen molar-refractivity contribution in [2.24, 2.45) is 0 Å². The van der Waals surface area contributed by atoms with E-state index in [1.54, 1.807) is 30.7 Å². The standard InChI is InChI=1S/C22H17FN4O2S/c23-17-3-5-19(6-4-17)29-21-10-15(7-9-25-21)12-26-20(28)11-18-14-30-22(27-18)16-2-1-8-24-13-16/h1-10,13-14H,11-12H2,(H,26,28). The van der Waals surface area contributed by atoms with Crippen molar-refractivity contribution >= 4 is 17.2 Å². The summed E-state index contributed by atoms with van der Waals surface area (Å²) in [5.74, 6) is 0.391. The van der Waals surface area contributed by atoms with Gasteiger partial charge in [-0.25, -0.2) is 14.4 Å². The van der Waals surface area contributed by atoms with Crippen molar-refractivity contribution in [1.29, 1.82) is 0 Å². The van der Waals surface area contributed by atoms with E-state index in [2.05, 4.69) is 20.3 Å². The van der Waals surface area contributed by atoms with Crippen LogP contribution in [0.4, 0.5) is 4.39 Å². The van der Waals surface area contributed by atoms with Gasteiger partial charge in [0.15, 0.2) is 0 Å². The van der Waals surface area contributed by atoms with Crippen LogP contribution in [0, 0.1) is 5.82 Å². The van der Waals surface area contributed by atoms with Crippen molar-refractivity contribution in [3.05, 3.63) is 89.6 Å². The van der Waals surface area contributed by atoms with Crippen molar-refractivity contribution in [3.8, 4) is 22.2 Å². The Morgan fingerprint density at radius 1 is 1.13 bits per heavy atom. The summed E-state index contributed by atoms with van der Waals surface area (Å²) in [7, 11) is 0. The molecule has 30 heavy (non-hydrogen) atoms. The van der Waals surface area contributed by atoms with Crippen molar-refractivity contribution in [2.75, 3.05) is 0 Å². The zero-order valence-electron chi connectivity index (χ0n) is 15.8. The third-order valence-electron chi connectivity index (χ3n) is 4.13. The molecular weight excluding hydrogens is 403 g/mol. The average Bonchev–Trinajstić information content (AvgIpc) is 3.23. The Morgan fingerprint density at radius 3 is 2.80 bits per heavy atom. The van der Waals surface area contributed by atoms with Crippen LogP contribution in [-0.2, 0) is 17.8 Å². The Kier molecular flexibility index (Phi) is 6.05. The number of pyridine rings is 2. The fourth-order valence-corrected chi connectivity index (χ4v) is 3.49. The zero-order valence-corrected chi connectivity index (χ0v) is 16.6. The minimum atomic E-state index is -0.334. The maximum Gasteiger partial charge on any atom is 0.226 e. The van der Waals surface area contributed by atoms with E-state index in [0.717, 1.165) is 16.1 Å². The Bertz CT molecular complexity index is 1130. The molecule has 1 N–H and O–H groups in total. The molecule has 0 saturated heterocycles. The second-order valence-electron chi connectivity index (χ2n) is 6.40. The highest BCUT2D eigenvalue weighted by Gasteiger charge is 2.10. The largest absolute Gasteiger partial charge is 0.439 e. The quantitative estimate of drug-likeness (QED) is 0.480. The van der Waals surface area contributed by atoms with Gasteiger partial charge < -0.3 is 10.1 Å². The lowest BCUT2D eigenvalue weighted by Gasteiger charge is -2.08. The molecule has 0 fully saturated rings. The molecule has 0 unspecified atom stereocenters. The molecule has 0 atom stereocenters. The Morgan fingerprint density at radius 2 is 2.00 bits per heavy atom. The number of benzene rings is 1. The molecule has 0 aliphatic heterocycles. The Balaban J connectivity index is 1.32. The number of halogens is 1. The number of nitrogens with one attached hydrogen (secondary N) is 1. The third-order valence-corrected chi connectivity index (χ3v) is 5.07. The van der Waals surface area contributed by atoms with Gasteiger partial charge in [-0.2, -0.15) is 0 Å². The van der Waals surface area contributed by atoms with Gasteiger partial charge >= 0.3 is 0 Å². The van der Waals surface area contributed by atoms with Crippen LogP contribution in [0.15, 0.2) is 72.5 Å². The van der Waals surface area contributed by atoms with Crippen molar-refractivity contribution in [2.45, 2.75) is 13.0 Å². The summed E-state index contributed by atoms with van der Waals surface area (Å²) < 4.78 is 18.6. The highest BCUT2D eigenvalue weighted by atomic mass is 32.1. The number of hydrogen-bond acceptors (Lipinski definition) is 6. The molecule has 0 bridgehead atoms. The predicted octanol–water partition coefficient (Wildman–Crippen LogP) is 4.39. The van der Waals surface area contributed by atoms with Crippen LogP contribution >= 0.6 is 11.3 Å². The van der Waals surface area contributed by atoms with Gasteiger partial charge in [0.1, 0.15) is 16.6 Å². The number of nitrogens with zero attached hydrogens (tertiary/aromatic N) is 3. The topological polar surface area (TPSA) is 77.0 Å². The van der Waals surface area contributed by atoms with E-state index in [1.165, 1.54) is 35.6 Å². The summed E-state index contributed by atoms with van der Waals surface area (Å²) in [6.07, 6.45) is 5.25. The van der Waals surface area contributed by atoms with E-state index in [9.17, 15) is 9.18 Å². The predicted molar refractivity (Wildman–Crippen MR) is 112 cm³/mol. The highest BCUT2D eigenvalue weighted by molar-refractivity contribution is 7.13. The van der Waals surface area contributed by atoms with Crippen molar-refractivity contribution < 1.29 is 13.9 Å². The van der Waals surface area contributed by atoms with E-state index >= 15 is 0 Å². The first-order valence-corrected chi connectivity index (χ1v) is 10.0. The van der Waals surface area contributed by atoms with Crippen LogP contribution in [0.2, 0.25) is 0 Å². The van der Waals surface area contributed by atoms with Crippen LogP contribution in [0.1, 0.15) is 11.3 Å². The SMILES string of the molecule is O=C(Cc1csc(-c2cccnc2)n1)NCc1ccnc(Oc2ccc(F)cc2)c1. The molecule has 3 heterocycles. The summed E-state index contributed by atoms with van der Waals surface area (Å²) in [6.45, 7) is 0.334. The normalized spacial score (nSPS) is 10.6. The van der Waals surface area contributed by atoms with Gasteiger partial charge in [0, 0.05) is 42.1 Å². The van der Waals surface area contributed by atoms with Crippen LogP contribution in [-0.4, -0.2) is 20.9 Å². The maximum absolute atomic E-state index is 13.0. The molecule has 4 aromatic rings. The Labute approximate surface area is 176 Å². The van der Waals surface area contributed by atoms with Gasteiger partial charge in [0.25, 0.3) is 0 Å². The van der Waals surface area contributed by atoms with E-state index in [1.807, 2.05) is 17.5 Å². The van der Waals surface area contributed by atoms with Gasteiger partial charge in [-0.15, -0.1) is 11.3 Å². The summed E-state index contributed by atoms with van der Waals surface area (Å²) >= 11 is 1.48. The number of amides is 1. The molecule has 1 amide bonds. The molecule has 4 rings (SSSR count). The van der Waals surface area contributed by atoms with Crippen molar-refractivity contribution in [1.82, 2.24) is 20.3 Å². The monoisotopic (exact) mass is 420 g/mol. The van der Waals surface area contributed by atoms with Gasteiger partial charge in [-0.1, -0.05) is 0 Å². The lowest BCUT2D eigenvalue weighted by molar-refractivity contribution is -0.120. The number of rotatable bonds is 7. The van der Waals surface area contributed by atoms with Gasteiger partial charge in [0.05, 0.1) is 12.1 Å². The van der Waals surface area contributed by atoms with E-state index in [0.29, 0.717) is 23.9 Å². The molecule has 1 aromatic carbocycles. The lowest BCUT2D eigenvalue weighted by atomic mass is 10.2. The molecule has 8 heteroatoms. The Hall–Kier alpha value is -3.65. The molecule has 0 saturated carbocycles. The second kappa shape index (κ2) is 9.23. The molecule has 150 valence electrons. The number of carbonyl (C=O) groups is 1. The van der Waals surface area contributed by atoms with Crippen molar-refractivity contribution in [3.63, 3.8) is 0 Å². The average molecular weight is 420 g/mol. The highest BCUT2D eigenvalue weighted by Crippen LogP contribution is 2.23. The van der Waals surface area contributed by atoms with Crippen LogP contribution < -0.4 is 10.1 Å². The minimum absolute atomic E-state index is 0.129.